The normalized spacial score (nSPS) is 15.1. The highest BCUT2D eigenvalue weighted by molar-refractivity contribution is 7.99. The standard InChI is InChI=1S/C24H28N2O6S/c1-15-6-8-19(12-16(15)2)23-17(3)24(28)26(33(23,29)30)14-22(27)25-11-10-18-7-9-20(31-4)21(13-18)32-5/h6-9,12-13H,10-11,14H2,1-5H3,(H,25,27). The first-order valence-corrected chi connectivity index (χ1v) is 11.9. The Bertz CT molecular complexity index is 1230. The molecule has 2 aromatic carbocycles. The Labute approximate surface area is 194 Å². The van der Waals surface area contributed by atoms with E-state index in [2.05, 4.69) is 5.32 Å². The average Bonchev–Trinajstić information content (AvgIpc) is 2.94. The van der Waals surface area contributed by atoms with Crippen LogP contribution < -0.4 is 14.8 Å². The summed E-state index contributed by atoms with van der Waals surface area (Å²) in [5.41, 5.74) is 3.40. The van der Waals surface area contributed by atoms with E-state index in [1.54, 1.807) is 32.4 Å². The molecule has 2 amide bonds. The van der Waals surface area contributed by atoms with Crippen LogP contribution in [0.3, 0.4) is 0 Å². The highest BCUT2D eigenvalue weighted by atomic mass is 32.2. The monoisotopic (exact) mass is 472 g/mol. The van der Waals surface area contributed by atoms with Crippen molar-refractivity contribution in [3.05, 3.63) is 64.2 Å². The molecule has 0 aromatic heterocycles. The van der Waals surface area contributed by atoms with E-state index in [1.807, 2.05) is 32.0 Å². The summed E-state index contributed by atoms with van der Waals surface area (Å²) in [6.07, 6.45) is 0.498. The van der Waals surface area contributed by atoms with Crippen molar-refractivity contribution in [2.45, 2.75) is 27.2 Å². The van der Waals surface area contributed by atoms with E-state index in [-0.39, 0.29) is 17.0 Å². The zero-order chi connectivity index (χ0) is 24.3. The molecule has 8 nitrogen and oxygen atoms in total. The van der Waals surface area contributed by atoms with Crippen LogP contribution in [-0.4, -0.2) is 51.8 Å². The number of nitrogens with zero attached hydrogens (tertiary/aromatic N) is 1. The predicted octanol–water partition coefficient (Wildman–Crippen LogP) is 2.58. The van der Waals surface area contributed by atoms with Crippen molar-refractivity contribution in [1.82, 2.24) is 9.62 Å². The second-order valence-electron chi connectivity index (χ2n) is 7.86. The molecule has 0 spiro atoms. The Kier molecular flexibility index (Phi) is 7.12. The van der Waals surface area contributed by atoms with Gasteiger partial charge < -0.3 is 14.8 Å². The first kappa shape index (κ1) is 24.3. The molecule has 0 unspecified atom stereocenters. The van der Waals surface area contributed by atoms with E-state index >= 15 is 0 Å². The largest absolute Gasteiger partial charge is 0.493 e. The average molecular weight is 473 g/mol. The lowest BCUT2D eigenvalue weighted by Crippen LogP contribution is -2.41. The molecule has 0 radical (unpaired) electrons. The summed E-state index contributed by atoms with van der Waals surface area (Å²) in [5.74, 6) is -0.0548. The molecular formula is C24H28N2O6S. The molecule has 3 rings (SSSR count). The third kappa shape index (κ3) is 4.88. The van der Waals surface area contributed by atoms with Gasteiger partial charge >= 0.3 is 0 Å². The number of carbonyl (C=O) groups excluding carboxylic acids is 2. The Balaban J connectivity index is 1.67. The van der Waals surface area contributed by atoms with Gasteiger partial charge in [0, 0.05) is 12.1 Å². The molecule has 33 heavy (non-hydrogen) atoms. The second-order valence-corrected chi connectivity index (χ2v) is 9.66. The highest BCUT2D eigenvalue weighted by Gasteiger charge is 2.43. The van der Waals surface area contributed by atoms with Gasteiger partial charge in [0.05, 0.1) is 14.2 Å². The summed E-state index contributed by atoms with van der Waals surface area (Å²) in [6.45, 7) is 4.97. The predicted molar refractivity (Wildman–Crippen MR) is 125 cm³/mol. The molecule has 1 aliphatic rings. The number of benzene rings is 2. The van der Waals surface area contributed by atoms with E-state index in [1.165, 1.54) is 6.92 Å². The van der Waals surface area contributed by atoms with Crippen molar-refractivity contribution >= 4 is 26.7 Å². The molecule has 9 heteroatoms. The van der Waals surface area contributed by atoms with E-state index in [4.69, 9.17) is 9.47 Å². The van der Waals surface area contributed by atoms with Gasteiger partial charge in [-0.05, 0) is 61.6 Å². The van der Waals surface area contributed by atoms with Crippen LogP contribution in [0.15, 0.2) is 42.0 Å². The van der Waals surface area contributed by atoms with Gasteiger partial charge in [0.25, 0.3) is 15.9 Å². The number of aryl methyl sites for hydroxylation is 2. The Morgan fingerprint density at radius 2 is 1.67 bits per heavy atom. The molecule has 1 aliphatic heterocycles. The van der Waals surface area contributed by atoms with Gasteiger partial charge in [-0.3, -0.25) is 9.59 Å². The number of amides is 2. The third-order valence-electron chi connectivity index (χ3n) is 5.68. The van der Waals surface area contributed by atoms with E-state index in [0.717, 1.165) is 16.7 Å². The topological polar surface area (TPSA) is 102 Å². The first-order chi connectivity index (χ1) is 15.6. The minimum absolute atomic E-state index is 0.0475. The summed E-state index contributed by atoms with van der Waals surface area (Å²) in [6, 6.07) is 10.7. The smallest absolute Gasteiger partial charge is 0.268 e. The number of nitrogens with one attached hydrogen (secondary N) is 1. The molecule has 176 valence electrons. The van der Waals surface area contributed by atoms with Gasteiger partial charge in [0.2, 0.25) is 5.91 Å². The summed E-state index contributed by atoms with van der Waals surface area (Å²) < 4.78 is 37.3. The molecule has 0 bridgehead atoms. The summed E-state index contributed by atoms with van der Waals surface area (Å²) in [5, 5.41) is 2.68. The molecule has 2 aromatic rings. The number of rotatable bonds is 8. The molecule has 0 fully saturated rings. The first-order valence-electron chi connectivity index (χ1n) is 10.4. The number of carbonyl (C=O) groups is 2. The quantitative estimate of drug-likeness (QED) is 0.634. The van der Waals surface area contributed by atoms with Crippen molar-refractivity contribution in [2.24, 2.45) is 0 Å². The van der Waals surface area contributed by atoms with Crippen molar-refractivity contribution in [1.29, 1.82) is 0 Å². The van der Waals surface area contributed by atoms with Gasteiger partial charge in [-0.25, -0.2) is 12.7 Å². The summed E-state index contributed by atoms with van der Waals surface area (Å²) in [7, 11) is -1.04. The van der Waals surface area contributed by atoms with E-state index in [9.17, 15) is 18.0 Å². The van der Waals surface area contributed by atoms with Crippen LogP contribution in [0.5, 0.6) is 11.5 Å². The maximum absolute atomic E-state index is 13.1. The number of methoxy groups -OCH3 is 2. The second kappa shape index (κ2) is 9.66. The van der Waals surface area contributed by atoms with Crippen LogP contribution in [0.1, 0.15) is 29.2 Å². The summed E-state index contributed by atoms with van der Waals surface area (Å²) >= 11 is 0. The lowest BCUT2D eigenvalue weighted by Gasteiger charge is -2.17. The number of sulfonamides is 1. The van der Waals surface area contributed by atoms with Gasteiger partial charge in [-0.1, -0.05) is 24.3 Å². The van der Waals surface area contributed by atoms with Gasteiger partial charge in [0.1, 0.15) is 11.4 Å². The summed E-state index contributed by atoms with van der Waals surface area (Å²) in [4.78, 5) is 25.1. The molecule has 1 heterocycles. The van der Waals surface area contributed by atoms with Crippen molar-refractivity contribution in [3.63, 3.8) is 0 Å². The fourth-order valence-corrected chi connectivity index (χ4v) is 5.43. The molecular weight excluding hydrogens is 444 g/mol. The Morgan fingerprint density at radius 1 is 0.970 bits per heavy atom. The SMILES string of the molecule is COc1ccc(CCNC(=O)CN2C(=O)C(C)=C(c3ccc(C)c(C)c3)S2(=O)=O)cc1OC. The molecule has 1 N–H and O–H groups in total. The fourth-order valence-electron chi connectivity index (χ4n) is 3.67. The van der Waals surface area contributed by atoms with E-state index in [0.29, 0.717) is 27.8 Å². The van der Waals surface area contributed by atoms with Crippen molar-refractivity contribution in [3.8, 4) is 11.5 Å². The maximum atomic E-state index is 13.1. The van der Waals surface area contributed by atoms with Crippen LogP contribution in [0, 0.1) is 13.8 Å². The Hall–Kier alpha value is -3.33. The zero-order valence-electron chi connectivity index (χ0n) is 19.4. The van der Waals surface area contributed by atoms with Crippen molar-refractivity contribution in [2.75, 3.05) is 27.3 Å². The molecule has 0 saturated heterocycles. The van der Waals surface area contributed by atoms with Crippen LogP contribution in [0.2, 0.25) is 0 Å². The highest BCUT2D eigenvalue weighted by Crippen LogP contribution is 2.36. The number of hydrogen-bond donors (Lipinski definition) is 1. The Morgan fingerprint density at radius 3 is 2.30 bits per heavy atom. The lowest BCUT2D eigenvalue weighted by atomic mass is 10.0. The minimum Gasteiger partial charge on any atom is -0.493 e. The van der Waals surface area contributed by atoms with Crippen LogP contribution in [0.4, 0.5) is 0 Å². The van der Waals surface area contributed by atoms with Crippen LogP contribution >= 0.6 is 0 Å². The van der Waals surface area contributed by atoms with Gasteiger partial charge in [-0.2, -0.15) is 0 Å². The van der Waals surface area contributed by atoms with Crippen molar-refractivity contribution < 1.29 is 27.5 Å². The molecule has 0 saturated carbocycles. The van der Waals surface area contributed by atoms with E-state index < -0.39 is 28.4 Å². The van der Waals surface area contributed by atoms with Crippen LogP contribution in [-0.2, 0) is 26.0 Å². The third-order valence-corrected chi connectivity index (χ3v) is 7.61. The molecule has 0 aliphatic carbocycles. The number of hydrogen-bond acceptors (Lipinski definition) is 6. The number of ether oxygens (including phenoxy) is 2. The molecule has 0 atom stereocenters. The zero-order valence-corrected chi connectivity index (χ0v) is 20.2. The van der Waals surface area contributed by atoms with Gasteiger partial charge in [-0.15, -0.1) is 0 Å². The fraction of sp³-hybridized carbons (Fsp3) is 0.333. The lowest BCUT2D eigenvalue weighted by molar-refractivity contribution is -0.128. The van der Waals surface area contributed by atoms with Gasteiger partial charge in [0.15, 0.2) is 11.5 Å². The minimum atomic E-state index is -4.13. The maximum Gasteiger partial charge on any atom is 0.268 e. The van der Waals surface area contributed by atoms with Crippen LogP contribution in [0.25, 0.3) is 4.91 Å².